The summed E-state index contributed by atoms with van der Waals surface area (Å²) in [4.78, 5) is 0. The molecular formula is C12H21N3O. The Balaban J connectivity index is 1.86. The van der Waals surface area contributed by atoms with E-state index in [1.807, 2.05) is 11.7 Å². The van der Waals surface area contributed by atoms with Crippen molar-refractivity contribution in [3.05, 3.63) is 17.5 Å². The highest BCUT2D eigenvalue weighted by Crippen LogP contribution is 2.16. The SMILES string of the molecule is CNCc1cn(CCC2CCCO2)nc1C. The molecule has 0 bridgehead atoms. The van der Waals surface area contributed by atoms with Crippen molar-refractivity contribution in [2.45, 2.75) is 45.4 Å². The van der Waals surface area contributed by atoms with Gasteiger partial charge in [-0.1, -0.05) is 0 Å². The first-order chi connectivity index (χ1) is 7.79. The minimum absolute atomic E-state index is 0.456. The highest BCUT2D eigenvalue weighted by Gasteiger charge is 2.15. The number of ether oxygens (including phenoxy) is 1. The minimum Gasteiger partial charge on any atom is -0.378 e. The van der Waals surface area contributed by atoms with Gasteiger partial charge in [0.1, 0.15) is 0 Å². The maximum Gasteiger partial charge on any atom is 0.0638 e. The van der Waals surface area contributed by atoms with E-state index in [1.54, 1.807) is 0 Å². The minimum atomic E-state index is 0.456. The molecule has 0 aliphatic carbocycles. The second-order valence-corrected chi connectivity index (χ2v) is 4.46. The zero-order chi connectivity index (χ0) is 11.4. The van der Waals surface area contributed by atoms with Gasteiger partial charge in [0.15, 0.2) is 0 Å². The topological polar surface area (TPSA) is 39.1 Å². The number of nitrogens with one attached hydrogen (secondary N) is 1. The van der Waals surface area contributed by atoms with Gasteiger partial charge in [0.25, 0.3) is 0 Å². The number of hydrogen-bond acceptors (Lipinski definition) is 3. The van der Waals surface area contributed by atoms with Crippen LogP contribution in [0.1, 0.15) is 30.5 Å². The van der Waals surface area contributed by atoms with Gasteiger partial charge in [-0.15, -0.1) is 0 Å². The molecule has 1 unspecified atom stereocenters. The molecule has 4 heteroatoms. The van der Waals surface area contributed by atoms with Gasteiger partial charge < -0.3 is 10.1 Å². The number of nitrogens with zero attached hydrogens (tertiary/aromatic N) is 2. The van der Waals surface area contributed by atoms with Crippen LogP contribution in [0.15, 0.2) is 6.20 Å². The summed E-state index contributed by atoms with van der Waals surface area (Å²) in [6.45, 7) is 4.87. The Morgan fingerprint density at radius 2 is 2.50 bits per heavy atom. The van der Waals surface area contributed by atoms with Crippen molar-refractivity contribution in [1.29, 1.82) is 0 Å². The fourth-order valence-electron chi connectivity index (χ4n) is 2.19. The van der Waals surface area contributed by atoms with Gasteiger partial charge in [0.05, 0.1) is 11.8 Å². The van der Waals surface area contributed by atoms with Gasteiger partial charge in [0, 0.05) is 31.5 Å². The molecule has 0 spiro atoms. The summed E-state index contributed by atoms with van der Waals surface area (Å²) in [5, 5.41) is 7.67. The molecule has 1 aliphatic rings. The molecule has 1 fully saturated rings. The van der Waals surface area contributed by atoms with Crippen molar-refractivity contribution in [2.75, 3.05) is 13.7 Å². The molecule has 90 valence electrons. The van der Waals surface area contributed by atoms with Gasteiger partial charge in [0.2, 0.25) is 0 Å². The first-order valence-corrected chi connectivity index (χ1v) is 6.08. The van der Waals surface area contributed by atoms with Crippen molar-refractivity contribution >= 4 is 0 Å². The molecular weight excluding hydrogens is 202 g/mol. The fourth-order valence-corrected chi connectivity index (χ4v) is 2.19. The van der Waals surface area contributed by atoms with Crippen LogP contribution in [-0.4, -0.2) is 29.5 Å². The van der Waals surface area contributed by atoms with Crippen molar-refractivity contribution < 1.29 is 4.74 Å². The molecule has 1 N–H and O–H groups in total. The Labute approximate surface area is 97.0 Å². The summed E-state index contributed by atoms with van der Waals surface area (Å²) in [7, 11) is 1.96. The fraction of sp³-hybridized carbons (Fsp3) is 0.750. The lowest BCUT2D eigenvalue weighted by Crippen LogP contribution is -2.10. The lowest BCUT2D eigenvalue weighted by Gasteiger charge is -2.08. The second kappa shape index (κ2) is 5.46. The molecule has 0 saturated carbocycles. The van der Waals surface area contributed by atoms with Crippen molar-refractivity contribution in [3.63, 3.8) is 0 Å². The van der Waals surface area contributed by atoms with Gasteiger partial charge in [-0.2, -0.15) is 5.10 Å². The van der Waals surface area contributed by atoms with Crippen molar-refractivity contribution in [3.8, 4) is 0 Å². The molecule has 0 amide bonds. The average molecular weight is 223 g/mol. The molecule has 4 nitrogen and oxygen atoms in total. The summed E-state index contributed by atoms with van der Waals surface area (Å²) < 4.78 is 7.65. The molecule has 1 aliphatic heterocycles. The Hall–Kier alpha value is -0.870. The third kappa shape index (κ3) is 2.83. The normalized spacial score (nSPS) is 20.5. The third-order valence-electron chi connectivity index (χ3n) is 3.12. The van der Waals surface area contributed by atoms with E-state index in [1.165, 1.54) is 18.4 Å². The van der Waals surface area contributed by atoms with Crippen LogP contribution in [0.4, 0.5) is 0 Å². The number of aromatic nitrogens is 2. The predicted molar refractivity (Wildman–Crippen MR) is 63.3 cm³/mol. The molecule has 0 aromatic carbocycles. The van der Waals surface area contributed by atoms with Crippen LogP contribution in [0.5, 0.6) is 0 Å². The lowest BCUT2D eigenvalue weighted by molar-refractivity contribution is 0.0994. The van der Waals surface area contributed by atoms with E-state index >= 15 is 0 Å². The van der Waals surface area contributed by atoms with Crippen LogP contribution in [0.3, 0.4) is 0 Å². The number of aryl methyl sites for hydroxylation is 2. The van der Waals surface area contributed by atoms with Crippen molar-refractivity contribution in [1.82, 2.24) is 15.1 Å². The summed E-state index contributed by atoms with van der Waals surface area (Å²) in [5.74, 6) is 0. The first-order valence-electron chi connectivity index (χ1n) is 6.08. The predicted octanol–water partition coefficient (Wildman–Crippen LogP) is 1.48. The highest BCUT2D eigenvalue weighted by molar-refractivity contribution is 5.14. The molecule has 2 heterocycles. The van der Waals surface area contributed by atoms with Crippen LogP contribution in [0.25, 0.3) is 0 Å². The molecule has 16 heavy (non-hydrogen) atoms. The monoisotopic (exact) mass is 223 g/mol. The Kier molecular flexibility index (Phi) is 3.96. The molecule has 0 radical (unpaired) electrons. The van der Waals surface area contributed by atoms with E-state index in [2.05, 4.69) is 23.5 Å². The van der Waals surface area contributed by atoms with Crippen LogP contribution in [0, 0.1) is 6.92 Å². The second-order valence-electron chi connectivity index (χ2n) is 4.46. The van der Waals surface area contributed by atoms with Crippen LogP contribution < -0.4 is 5.32 Å². The Morgan fingerprint density at radius 1 is 1.62 bits per heavy atom. The van der Waals surface area contributed by atoms with Crippen LogP contribution in [0.2, 0.25) is 0 Å². The van der Waals surface area contributed by atoms with E-state index in [9.17, 15) is 0 Å². The van der Waals surface area contributed by atoms with E-state index in [0.717, 1.165) is 31.8 Å². The maximum absolute atomic E-state index is 5.61. The third-order valence-corrected chi connectivity index (χ3v) is 3.12. The summed E-state index contributed by atoms with van der Waals surface area (Å²) in [6.07, 6.45) is 6.11. The van der Waals surface area contributed by atoms with E-state index in [-0.39, 0.29) is 0 Å². The molecule has 1 saturated heterocycles. The van der Waals surface area contributed by atoms with Gasteiger partial charge in [-0.25, -0.2) is 0 Å². The van der Waals surface area contributed by atoms with Gasteiger partial charge >= 0.3 is 0 Å². The highest BCUT2D eigenvalue weighted by atomic mass is 16.5. The lowest BCUT2D eigenvalue weighted by atomic mass is 10.2. The molecule has 1 atom stereocenters. The maximum atomic E-state index is 5.61. The number of rotatable bonds is 5. The quantitative estimate of drug-likeness (QED) is 0.822. The number of hydrogen-bond donors (Lipinski definition) is 1. The van der Waals surface area contributed by atoms with Gasteiger partial charge in [-0.3, -0.25) is 4.68 Å². The first kappa shape index (κ1) is 11.6. The van der Waals surface area contributed by atoms with E-state index in [0.29, 0.717) is 6.10 Å². The smallest absolute Gasteiger partial charge is 0.0638 e. The van der Waals surface area contributed by atoms with E-state index in [4.69, 9.17) is 4.74 Å². The largest absolute Gasteiger partial charge is 0.378 e. The molecule has 1 aromatic rings. The Morgan fingerprint density at radius 3 is 3.19 bits per heavy atom. The average Bonchev–Trinajstić information content (AvgIpc) is 2.87. The molecule has 2 rings (SSSR count). The zero-order valence-electron chi connectivity index (χ0n) is 10.2. The van der Waals surface area contributed by atoms with E-state index < -0.39 is 0 Å². The summed E-state index contributed by atoms with van der Waals surface area (Å²) >= 11 is 0. The van der Waals surface area contributed by atoms with Gasteiger partial charge in [-0.05, 0) is 33.2 Å². The van der Waals surface area contributed by atoms with Crippen molar-refractivity contribution in [2.24, 2.45) is 0 Å². The summed E-state index contributed by atoms with van der Waals surface area (Å²) in [6, 6.07) is 0. The zero-order valence-corrected chi connectivity index (χ0v) is 10.2. The Bertz CT molecular complexity index is 329. The summed E-state index contributed by atoms with van der Waals surface area (Å²) in [5.41, 5.74) is 2.41. The standard InChI is InChI=1S/C12H21N3O/c1-10-11(8-13-2)9-15(14-10)6-5-12-4-3-7-16-12/h9,12-13H,3-8H2,1-2H3. The van der Waals surface area contributed by atoms with Crippen LogP contribution >= 0.6 is 0 Å². The van der Waals surface area contributed by atoms with Crippen LogP contribution in [-0.2, 0) is 17.8 Å². The molecule has 1 aromatic heterocycles.